The smallest absolute Gasteiger partial charge is 0.261 e. The Balaban J connectivity index is 1.62. The number of para-hydroxylation sites is 1. The van der Waals surface area contributed by atoms with Gasteiger partial charge in [-0.25, -0.2) is 8.42 Å². The maximum absolute atomic E-state index is 13.2. The van der Waals surface area contributed by atoms with Gasteiger partial charge in [0.25, 0.3) is 10.0 Å². The predicted octanol–water partition coefficient (Wildman–Crippen LogP) is 4.99. The third kappa shape index (κ3) is 4.24. The van der Waals surface area contributed by atoms with Crippen molar-refractivity contribution in [2.75, 3.05) is 23.8 Å². The number of likely N-dealkylation sites (N-methyl/N-ethyl adjacent to an activating group) is 1. The van der Waals surface area contributed by atoms with Gasteiger partial charge in [-0.1, -0.05) is 44.2 Å². The molecule has 0 radical (unpaired) electrons. The zero-order valence-corrected chi connectivity index (χ0v) is 19.8. The van der Waals surface area contributed by atoms with E-state index in [1.165, 1.54) is 12.1 Å². The maximum Gasteiger partial charge on any atom is 0.261 e. The van der Waals surface area contributed by atoms with Gasteiger partial charge in [-0.15, -0.1) is 0 Å². The Morgan fingerprint density at radius 2 is 1.70 bits per heavy atom. The highest BCUT2D eigenvalue weighted by atomic mass is 32.2. The van der Waals surface area contributed by atoms with Crippen LogP contribution in [0.25, 0.3) is 0 Å². The number of anilines is 2. The highest BCUT2D eigenvalue weighted by molar-refractivity contribution is 7.92. The summed E-state index contributed by atoms with van der Waals surface area (Å²) in [7, 11) is -0.389. The van der Waals surface area contributed by atoms with Crippen LogP contribution in [0.15, 0.2) is 89.5 Å². The van der Waals surface area contributed by atoms with E-state index in [9.17, 15) is 13.2 Å². The highest BCUT2D eigenvalue weighted by Gasteiger charge is 2.38. The standard InChI is InChI=1S/C26H26N2O4S/c1-26(2)22-10-5-6-11-23(22)28(3)25(26)17-24(29)18-8-7-9-21(16-18)33(30,31)27-19-12-14-20(32-4)15-13-19/h5-17,27H,1-4H3/b25-17-. The second kappa shape index (κ2) is 8.41. The first-order chi connectivity index (χ1) is 15.6. The lowest BCUT2D eigenvalue weighted by Crippen LogP contribution is -2.24. The van der Waals surface area contributed by atoms with Crippen molar-refractivity contribution < 1.29 is 17.9 Å². The molecule has 0 aliphatic carbocycles. The molecule has 0 saturated carbocycles. The first-order valence-corrected chi connectivity index (χ1v) is 12.0. The van der Waals surface area contributed by atoms with E-state index in [0.717, 1.165) is 16.9 Å². The molecule has 0 fully saturated rings. The highest BCUT2D eigenvalue weighted by Crippen LogP contribution is 2.46. The van der Waals surface area contributed by atoms with E-state index in [1.54, 1.807) is 49.6 Å². The van der Waals surface area contributed by atoms with Crippen LogP contribution < -0.4 is 14.4 Å². The number of ether oxygens (including phenoxy) is 1. The summed E-state index contributed by atoms with van der Waals surface area (Å²) in [5.74, 6) is 0.375. The van der Waals surface area contributed by atoms with Gasteiger partial charge >= 0.3 is 0 Å². The van der Waals surface area contributed by atoms with Crippen LogP contribution in [0.4, 0.5) is 11.4 Å². The van der Waals surface area contributed by atoms with Crippen molar-refractivity contribution in [3.8, 4) is 5.75 Å². The zero-order valence-electron chi connectivity index (χ0n) is 19.0. The molecular weight excluding hydrogens is 436 g/mol. The molecule has 33 heavy (non-hydrogen) atoms. The Hall–Kier alpha value is -3.58. The first-order valence-electron chi connectivity index (χ1n) is 10.5. The third-order valence-corrected chi connectivity index (χ3v) is 7.36. The van der Waals surface area contributed by atoms with E-state index in [0.29, 0.717) is 17.0 Å². The summed E-state index contributed by atoms with van der Waals surface area (Å²) in [6.45, 7) is 4.15. The first kappa shape index (κ1) is 22.6. The van der Waals surface area contributed by atoms with Crippen molar-refractivity contribution in [1.29, 1.82) is 0 Å². The van der Waals surface area contributed by atoms with E-state index in [-0.39, 0.29) is 16.1 Å². The molecule has 6 nitrogen and oxygen atoms in total. The minimum Gasteiger partial charge on any atom is -0.497 e. The van der Waals surface area contributed by atoms with Gasteiger partial charge in [-0.05, 0) is 48.0 Å². The maximum atomic E-state index is 13.2. The Labute approximate surface area is 194 Å². The Morgan fingerprint density at radius 1 is 1.00 bits per heavy atom. The number of rotatable bonds is 6. The average molecular weight is 463 g/mol. The fraction of sp³-hybridized carbons (Fsp3) is 0.192. The van der Waals surface area contributed by atoms with Crippen molar-refractivity contribution in [2.45, 2.75) is 24.2 Å². The molecule has 0 aromatic heterocycles. The van der Waals surface area contributed by atoms with Gasteiger partial charge in [0.2, 0.25) is 0 Å². The quantitative estimate of drug-likeness (QED) is 0.413. The number of nitrogens with one attached hydrogen (secondary N) is 1. The van der Waals surface area contributed by atoms with E-state index in [1.807, 2.05) is 30.1 Å². The topological polar surface area (TPSA) is 75.7 Å². The van der Waals surface area contributed by atoms with Crippen molar-refractivity contribution >= 4 is 27.2 Å². The lowest BCUT2D eigenvalue weighted by molar-refractivity contribution is 0.104. The molecule has 1 heterocycles. The van der Waals surface area contributed by atoms with Crippen LogP contribution in [-0.2, 0) is 15.4 Å². The Bertz CT molecular complexity index is 1340. The number of carbonyl (C=O) groups excluding carboxylic acids is 1. The van der Waals surface area contributed by atoms with Gasteiger partial charge in [0, 0.05) is 41.2 Å². The molecule has 0 unspecified atom stereocenters. The minimum absolute atomic E-state index is 0.0184. The number of allylic oxidation sites excluding steroid dienone is 2. The van der Waals surface area contributed by atoms with Crippen LogP contribution in [0, 0.1) is 0 Å². The molecule has 1 aliphatic heterocycles. The lowest BCUT2D eigenvalue weighted by atomic mass is 9.83. The van der Waals surface area contributed by atoms with E-state index < -0.39 is 10.0 Å². The van der Waals surface area contributed by atoms with Crippen LogP contribution >= 0.6 is 0 Å². The van der Waals surface area contributed by atoms with Gasteiger partial charge in [0.15, 0.2) is 5.78 Å². The normalized spacial score (nSPS) is 15.9. The second-order valence-electron chi connectivity index (χ2n) is 8.46. The zero-order chi connectivity index (χ0) is 23.8. The number of fused-ring (bicyclic) bond motifs is 1. The number of methoxy groups -OCH3 is 1. The van der Waals surface area contributed by atoms with Crippen LogP contribution in [0.3, 0.4) is 0 Å². The average Bonchev–Trinajstić information content (AvgIpc) is 3.00. The molecule has 0 atom stereocenters. The number of nitrogens with zero attached hydrogens (tertiary/aromatic N) is 1. The molecule has 7 heteroatoms. The minimum atomic E-state index is -3.87. The Kier molecular flexibility index (Phi) is 5.76. The van der Waals surface area contributed by atoms with E-state index >= 15 is 0 Å². The SMILES string of the molecule is COc1ccc(NS(=O)(=O)c2cccc(C(=O)/C=C3\N(C)c4ccccc4C3(C)C)c2)cc1. The Morgan fingerprint density at radius 3 is 2.36 bits per heavy atom. The molecule has 0 spiro atoms. The van der Waals surface area contributed by atoms with Crippen LogP contribution in [0.5, 0.6) is 5.75 Å². The number of carbonyl (C=O) groups is 1. The molecule has 1 aliphatic rings. The second-order valence-corrected chi connectivity index (χ2v) is 10.1. The molecule has 1 N–H and O–H groups in total. The van der Waals surface area contributed by atoms with Gasteiger partial charge in [-0.3, -0.25) is 9.52 Å². The monoisotopic (exact) mass is 462 g/mol. The largest absolute Gasteiger partial charge is 0.497 e. The van der Waals surface area contributed by atoms with E-state index in [4.69, 9.17) is 4.74 Å². The molecule has 3 aromatic carbocycles. The van der Waals surface area contributed by atoms with Crippen molar-refractivity contribution in [1.82, 2.24) is 0 Å². The summed E-state index contributed by atoms with van der Waals surface area (Å²) in [6.07, 6.45) is 1.60. The molecule has 0 bridgehead atoms. The summed E-state index contributed by atoms with van der Waals surface area (Å²) in [5, 5.41) is 0. The molecule has 4 rings (SSSR count). The summed E-state index contributed by atoms with van der Waals surface area (Å²) in [6, 6.07) is 20.7. The van der Waals surface area contributed by atoms with Gasteiger partial charge in [0.1, 0.15) is 5.75 Å². The summed E-state index contributed by atoms with van der Waals surface area (Å²) >= 11 is 0. The number of hydrogen-bond donors (Lipinski definition) is 1. The molecule has 0 amide bonds. The predicted molar refractivity (Wildman–Crippen MR) is 131 cm³/mol. The van der Waals surface area contributed by atoms with E-state index in [2.05, 4.69) is 24.6 Å². The van der Waals surface area contributed by atoms with Gasteiger partial charge in [-0.2, -0.15) is 0 Å². The molecule has 3 aromatic rings. The number of ketones is 1. The molecule has 0 saturated heterocycles. The molecule has 170 valence electrons. The van der Waals surface area contributed by atoms with Crippen molar-refractivity contribution in [2.24, 2.45) is 0 Å². The van der Waals surface area contributed by atoms with Gasteiger partial charge < -0.3 is 9.64 Å². The summed E-state index contributed by atoms with van der Waals surface area (Å²) in [5.41, 5.74) is 3.43. The van der Waals surface area contributed by atoms with Gasteiger partial charge in [0.05, 0.1) is 12.0 Å². The summed E-state index contributed by atoms with van der Waals surface area (Å²) < 4.78 is 33.4. The van der Waals surface area contributed by atoms with Crippen LogP contribution in [0.1, 0.15) is 29.8 Å². The van der Waals surface area contributed by atoms with Crippen LogP contribution in [-0.4, -0.2) is 28.4 Å². The summed E-state index contributed by atoms with van der Waals surface area (Å²) in [4.78, 5) is 15.2. The lowest BCUT2D eigenvalue weighted by Gasteiger charge is -2.24. The third-order valence-electron chi connectivity index (χ3n) is 5.98. The van der Waals surface area contributed by atoms with Crippen LogP contribution in [0.2, 0.25) is 0 Å². The van der Waals surface area contributed by atoms with Crippen molar-refractivity contribution in [3.05, 3.63) is 95.7 Å². The fourth-order valence-corrected chi connectivity index (χ4v) is 5.26. The molecular formula is C26H26N2O4S. The number of sulfonamides is 1. The fourth-order valence-electron chi connectivity index (χ4n) is 4.16. The number of benzene rings is 3. The van der Waals surface area contributed by atoms with Crippen molar-refractivity contribution in [3.63, 3.8) is 0 Å². The number of hydrogen-bond acceptors (Lipinski definition) is 5.